The van der Waals surface area contributed by atoms with Crippen LogP contribution in [0.5, 0.6) is 0 Å². The van der Waals surface area contributed by atoms with Gasteiger partial charge in [0.25, 0.3) is 11.2 Å². The first-order chi connectivity index (χ1) is 15.5. The van der Waals surface area contributed by atoms with Gasteiger partial charge in [-0.25, -0.2) is 4.98 Å². The van der Waals surface area contributed by atoms with Crippen LogP contribution in [0.2, 0.25) is 5.02 Å². The highest BCUT2D eigenvalue weighted by Gasteiger charge is 2.18. The molecule has 0 radical (unpaired) electrons. The summed E-state index contributed by atoms with van der Waals surface area (Å²) >= 11 is 7.40. The number of para-hydroxylation sites is 1. The first-order valence-electron chi connectivity index (χ1n) is 9.67. The number of hydrogen-bond acceptors (Lipinski definition) is 5. The second-order valence-corrected chi connectivity index (χ2v) is 8.50. The number of fused-ring (bicyclic) bond motifs is 3. The van der Waals surface area contributed by atoms with Crippen LogP contribution in [0.4, 0.5) is 5.69 Å². The smallest absolute Gasteiger partial charge is 0.283 e. The number of halogens is 1. The molecule has 7 nitrogen and oxygen atoms in total. The van der Waals surface area contributed by atoms with Gasteiger partial charge < -0.3 is 4.98 Å². The Labute approximate surface area is 190 Å². The van der Waals surface area contributed by atoms with Crippen LogP contribution >= 0.6 is 23.4 Å². The van der Waals surface area contributed by atoms with E-state index in [4.69, 9.17) is 16.6 Å². The van der Waals surface area contributed by atoms with Gasteiger partial charge in [0.2, 0.25) is 0 Å². The molecule has 2 aromatic heterocycles. The zero-order chi connectivity index (χ0) is 22.2. The van der Waals surface area contributed by atoms with E-state index in [1.54, 1.807) is 12.1 Å². The largest absolute Gasteiger partial charge is 0.349 e. The van der Waals surface area contributed by atoms with Crippen molar-refractivity contribution in [2.45, 2.75) is 10.9 Å². The van der Waals surface area contributed by atoms with Crippen molar-refractivity contribution in [2.75, 3.05) is 0 Å². The number of benzene rings is 3. The maximum Gasteiger partial charge on any atom is 0.283 e. The highest BCUT2D eigenvalue weighted by Crippen LogP contribution is 2.28. The minimum atomic E-state index is -0.470. The van der Waals surface area contributed by atoms with Gasteiger partial charge >= 0.3 is 0 Å². The van der Waals surface area contributed by atoms with Gasteiger partial charge in [-0.05, 0) is 35.9 Å². The summed E-state index contributed by atoms with van der Waals surface area (Å²) in [6.45, 7) is 0. The summed E-state index contributed by atoms with van der Waals surface area (Å²) in [6, 6.07) is 21.0. The van der Waals surface area contributed by atoms with Crippen molar-refractivity contribution in [3.8, 4) is 5.69 Å². The molecule has 0 bridgehead atoms. The molecule has 32 heavy (non-hydrogen) atoms. The number of H-pyrrole nitrogens is 1. The SMILES string of the molecule is O=c1c2[nH]c3ccccc3c2nc(SCc2ccc(Cl)cc2)n1-c1ccc([N+](=O)[O-])cc1. The summed E-state index contributed by atoms with van der Waals surface area (Å²) in [5.41, 5.74) is 3.04. The monoisotopic (exact) mass is 462 g/mol. The third-order valence-electron chi connectivity index (χ3n) is 5.09. The Morgan fingerprint density at radius 2 is 1.75 bits per heavy atom. The lowest BCUT2D eigenvalue weighted by Crippen LogP contribution is -2.21. The number of nitrogens with one attached hydrogen (secondary N) is 1. The summed E-state index contributed by atoms with van der Waals surface area (Å²) < 4.78 is 1.49. The zero-order valence-corrected chi connectivity index (χ0v) is 18.1. The molecular formula is C23H15ClN4O3S. The number of hydrogen-bond donors (Lipinski definition) is 1. The van der Waals surface area contributed by atoms with Crippen LogP contribution in [-0.2, 0) is 5.75 Å². The Bertz CT molecular complexity index is 1530. The summed E-state index contributed by atoms with van der Waals surface area (Å²) in [6.07, 6.45) is 0. The number of thioether (sulfide) groups is 1. The third-order valence-corrected chi connectivity index (χ3v) is 6.36. The number of nitro benzene ring substituents is 1. The molecule has 0 saturated carbocycles. The van der Waals surface area contributed by atoms with Crippen molar-refractivity contribution in [1.82, 2.24) is 14.5 Å². The van der Waals surface area contributed by atoms with Crippen LogP contribution in [0.1, 0.15) is 5.56 Å². The van der Waals surface area contributed by atoms with Crippen LogP contribution < -0.4 is 5.56 Å². The Hall–Kier alpha value is -3.62. The minimum Gasteiger partial charge on any atom is -0.349 e. The maximum absolute atomic E-state index is 13.5. The molecule has 1 N–H and O–H groups in total. The van der Waals surface area contributed by atoms with E-state index in [1.165, 1.54) is 28.5 Å². The van der Waals surface area contributed by atoms with Crippen LogP contribution in [0.25, 0.3) is 27.6 Å². The molecule has 0 atom stereocenters. The summed E-state index contributed by atoms with van der Waals surface area (Å²) in [7, 11) is 0. The lowest BCUT2D eigenvalue weighted by atomic mass is 10.2. The van der Waals surface area contributed by atoms with Crippen molar-refractivity contribution in [2.24, 2.45) is 0 Å². The number of aromatic amines is 1. The molecule has 0 amide bonds. The van der Waals surface area contributed by atoms with Gasteiger partial charge in [0.15, 0.2) is 5.16 Å². The second-order valence-electron chi connectivity index (χ2n) is 7.12. The second kappa shape index (κ2) is 8.14. The normalized spacial score (nSPS) is 11.3. The van der Waals surface area contributed by atoms with E-state index in [2.05, 4.69) is 4.98 Å². The molecule has 0 fully saturated rings. The molecule has 3 aromatic carbocycles. The van der Waals surface area contributed by atoms with E-state index < -0.39 is 4.92 Å². The zero-order valence-electron chi connectivity index (χ0n) is 16.5. The number of aromatic nitrogens is 3. The van der Waals surface area contributed by atoms with Crippen molar-refractivity contribution in [1.29, 1.82) is 0 Å². The van der Waals surface area contributed by atoms with Gasteiger partial charge in [-0.3, -0.25) is 19.5 Å². The summed E-state index contributed by atoms with van der Waals surface area (Å²) in [5, 5.41) is 13.1. The highest BCUT2D eigenvalue weighted by atomic mass is 35.5. The standard InChI is InChI=1S/C23H15ClN4O3S/c24-15-7-5-14(6-8-15)13-32-23-26-20-18-3-1-2-4-19(18)25-21(20)22(29)27(23)16-9-11-17(12-10-16)28(30)31/h1-12,25H,13H2. The van der Waals surface area contributed by atoms with Crippen molar-refractivity contribution in [3.05, 3.63) is 104 Å². The van der Waals surface area contributed by atoms with E-state index in [-0.39, 0.29) is 11.2 Å². The van der Waals surface area contributed by atoms with E-state index in [0.717, 1.165) is 16.5 Å². The summed E-state index contributed by atoms with van der Waals surface area (Å²) in [4.78, 5) is 32.1. The summed E-state index contributed by atoms with van der Waals surface area (Å²) in [5.74, 6) is 0.574. The number of nitro groups is 1. The van der Waals surface area contributed by atoms with Crippen LogP contribution in [0, 0.1) is 10.1 Å². The fourth-order valence-electron chi connectivity index (χ4n) is 3.52. The predicted molar refractivity (Wildman–Crippen MR) is 127 cm³/mol. The Morgan fingerprint density at radius 1 is 1.03 bits per heavy atom. The molecule has 0 unspecified atom stereocenters. The Morgan fingerprint density at radius 3 is 2.47 bits per heavy atom. The van der Waals surface area contributed by atoms with Gasteiger partial charge in [-0.1, -0.05) is 53.7 Å². The van der Waals surface area contributed by atoms with Gasteiger partial charge in [0, 0.05) is 33.8 Å². The lowest BCUT2D eigenvalue weighted by molar-refractivity contribution is -0.384. The first-order valence-corrected chi connectivity index (χ1v) is 11.0. The van der Waals surface area contributed by atoms with Gasteiger partial charge in [0.05, 0.1) is 10.6 Å². The van der Waals surface area contributed by atoms with Crippen molar-refractivity contribution in [3.63, 3.8) is 0 Å². The van der Waals surface area contributed by atoms with Gasteiger partial charge in [-0.15, -0.1) is 0 Å². The quantitative estimate of drug-likeness (QED) is 0.156. The molecule has 5 aromatic rings. The third kappa shape index (κ3) is 3.63. The fraction of sp³-hybridized carbons (Fsp3) is 0.0435. The molecule has 5 rings (SSSR count). The predicted octanol–water partition coefficient (Wildman–Crippen LogP) is 5.72. The minimum absolute atomic E-state index is 0.0446. The topological polar surface area (TPSA) is 93.8 Å². The molecule has 0 aliphatic rings. The molecule has 0 spiro atoms. The lowest BCUT2D eigenvalue weighted by Gasteiger charge is -2.12. The molecular weight excluding hydrogens is 448 g/mol. The van der Waals surface area contributed by atoms with Gasteiger partial charge in [-0.2, -0.15) is 0 Å². The van der Waals surface area contributed by atoms with Crippen molar-refractivity contribution < 1.29 is 4.92 Å². The fourth-order valence-corrected chi connectivity index (χ4v) is 4.61. The molecule has 0 aliphatic heterocycles. The number of non-ortho nitro benzene ring substituents is 1. The number of rotatable bonds is 5. The van der Waals surface area contributed by atoms with Crippen LogP contribution in [-0.4, -0.2) is 19.5 Å². The van der Waals surface area contributed by atoms with Crippen LogP contribution in [0.3, 0.4) is 0 Å². The molecule has 0 aliphatic carbocycles. The highest BCUT2D eigenvalue weighted by molar-refractivity contribution is 7.98. The van der Waals surface area contributed by atoms with Crippen LogP contribution in [0.15, 0.2) is 82.7 Å². The molecule has 0 saturated heterocycles. The molecule has 9 heteroatoms. The van der Waals surface area contributed by atoms with E-state index in [0.29, 0.717) is 32.7 Å². The van der Waals surface area contributed by atoms with E-state index in [9.17, 15) is 14.9 Å². The molecule has 2 heterocycles. The van der Waals surface area contributed by atoms with Gasteiger partial charge in [0.1, 0.15) is 11.0 Å². The maximum atomic E-state index is 13.5. The Kier molecular flexibility index (Phi) is 5.16. The van der Waals surface area contributed by atoms with Crippen molar-refractivity contribution >= 4 is 51.0 Å². The average Bonchev–Trinajstić information content (AvgIpc) is 3.18. The average molecular weight is 463 g/mol. The number of nitrogens with zero attached hydrogens (tertiary/aromatic N) is 3. The van der Waals surface area contributed by atoms with E-state index in [1.807, 2.05) is 48.5 Å². The first kappa shape index (κ1) is 20.3. The Balaban J connectivity index is 1.68. The van der Waals surface area contributed by atoms with E-state index >= 15 is 0 Å². The molecule has 158 valence electrons.